The first-order valence-electron chi connectivity index (χ1n) is 5.24. The molecule has 0 fully saturated rings. The molecule has 17 heavy (non-hydrogen) atoms. The van der Waals surface area contributed by atoms with Crippen molar-refractivity contribution in [3.63, 3.8) is 0 Å². The number of aliphatic hydroxyl groups is 1. The summed E-state index contributed by atoms with van der Waals surface area (Å²) in [6, 6.07) is 9.89. The summed E-state index contributed by atoms with van der Waals surface area (Å²) in [4.78, 5) is 4.10. The molecule has 3 rings (SSSR count). The number of fused-ring (bicyclic) bond motifs is 1. The van der Waals surface area contributed by atoms with Crippen molar-refractivity contribution in [2.45, 2.75) is 6.10 Å². The molecule has 0 radical (unpaired) electrons. The molecule has 2 N–H and O–H groups in total. The van der Waals surface area contributed by atoms with Crippen LogP contribution in [0.1, 0.15) is 16.5 Å². The van der Waals surface area contributed by atoms with Crippen molar-refractivity contribution in [1.29, 1.82) is 0 Å². The average molecular weight is 308 g/mol. The third kappa shape index (κ3) is 1.82. The quantitative estimate of drug-likeness (QED) is 0.735. The second-order valence-corrected chi connectivity index (χ2v) is 5.62. The molecule has 86 valence electrons. The van der Waals surface area contributed by atoms with E-state index in [1.807, 2.05) is 41.9 Å². The van der Waals surface area contributed by atoms with Gasteiger partial charge in [0, 0.05) is 21.6 Å². The number of aromatic amines is 1. The van der Waals surface area contributed by atoms with Crippen LogP contribution in [0.5, 0.6) is 0 Å². The highest BCUT2D eigenvalue weighted by atomic mass is 79.9. The molecule has 1 aromatic carbocycles. The van der Waals surface area contributed by atoms with E-state index in [1.165, 1.54) is 0 Å². The number of aromatic nitrogens is 1. The highest BCUT2D eigenvalue weighted by molar-refractivity contribution is 9.10. The molecular weight excluding hydrogens is 298 g/mol. The van der Waals surface area contributed by atoms with Crippen LogP contribution in [-0.2, 0) is 0 Å². The topological polar surface area (TPSA) is 36.0 Å². The van der Waals surface area contributed by atoms with E-state index < -0.39 is 6.10 Å². The molecule has 0 saturated heterocycles. The zero-order valence-electron chi connectivity index (χ0n) is 8.85. The number of H-pyrrole nitrogens is 1. The molecule has 0 amide bonds. The van der Waals surface area contributed by atoms with Gasteiger partial charge in [-0.05, 0) is 45.1 Å². The maximum atomic E-state index is 10.4. The highest BCUT2D eigenvalue weighted by Crippen LogP contribution is 2.35. The maximum absolute atomic E-state index is 10.4. The van der Waals surface area contributed by atoms with E-state index in [-0.39, 0.29) is 0 Å². The van der Waals surface area contributed by atoms with Crippen LogP contribution < -0.4 is 0 Å². The van der Waals surface area contributed by atoms with Crippen LogP contribution in [0, 0.1) is 0 Å². The van der Waals surface area contributed by atoms with E-state index in [2.05, 4.69) is 20.9 Å². The molecule has 0 aliphatic rings. The maximum Gasteiger partial charge on any atom is 0.115 e. The lowest BCUT2D eigenvalue weighted by Gasteiger charge is -2.11. The molecule has 1 atom stereocenters. The summed E-state index contributed by atoms with van der Waals surface area (Å²) in [6.07, 6.45) is 1.31. The summed E-state index contributed by atoms with van der Waals surface area (Å²) in [7, 11) is 0. The van der Waals surface area contributed by atoms with Crippen molar-refractivity contribution < 1.29 is 5.11 Å². The number of rotatable bonds is 2. The van der Waals surface area contributed by atoms with Crippen LogP contribution in [0.4, 0.5) is 0 Å². The number of nitrogens with one attached hydrogen (secondary N) is 1. The Morgan fingerprint density at radius 2 is 2.12 bits per heavy atom. The van der Waals surface area contributed by atoms with Crippen LogP contribution >= 0.6 is 27.3 Å². The molecule has 0 aliphatic heterocycles. The largest absolute Gasteiger partial charge is 0.383 e. The van der Waals surface area contributed by atoms with E-state index in [1.54, 1.807) is 11.3 Å². The van der Waals surface area contributed by atoms with Crippen molar-refractivity contribution in [3.05, 3.63) is 56.8 Å². The Balaban J connectivity index is 2.15. The van der Waals surface area contributed by atoms with Crippen LogP contribution in [0.3, 0.4) is 0 Å². The molecule has 0 bridgehead atoms. The van der Waals surface area contributed by atoms with Crippen molar-refractivity contribution >= 4 is 38.2 Å². The van der Waals surface area contributed by atoms with E-state index in [4.69, 9.17) is 0 Å². The van der Waals surface area contributed by atoms with Gasteiger partial charge in [0.05, 0.1) is 4.88 Å². The third-order valence-corrected chi connectivity index (χ3v) is 4.74. The molecule has 2 heterocycles. The van der Waals surface area contributed by atoms with Crippen molar-refractivity contribution in [3.8, 4) is 0 Å². The summed E-state index contributed by atoms with van der Waals surface area (Å²) in [5.74, 6) is 0. The lowest BCUT2D eigenvalue weighted by Crippen LogP contribution is -1.98. The molecule has 0 aliphatic carbocycles. The Kier molecular flexibility index (Phi) is 2.78. The average Bonchev–Trinajstić information content (AvgIpc) is 2.95. The predicted octanol–water partition coefficient (Wildman–Crippen LogP) is 4.07. The summed E-state index contributed by atoms with van der Waals surface area (Å²) in [6.45, 7) is 0. The minimum absolute atomic E-state index is 0.580. The fourth-order valence-corrected chi connectivity index (χ4v) is 3.58. The van der Waals surface area contributed by atoms with Gasteiger partial charge in [0.15, 0.2) is 0 Å². The van der Waals surface area contributed by atoms with Crippen LogP contribution in [0.15, 0.2) is 46.4 Å². The lowest BCUT2D eigenvalue weighted by atomic mass is 10.0. The molecule has 0 saturated carbocycles. The lowest BCUT2D eigenvalue weighted by molar-refractivity contribution is 0.225. The van der Waals surface area contributed by atoms with Gasteiger partial charge in [0.25, 0.3) is 0 Å². The third-order valence-electron chi connectivity index (χ3n) is 2.82. The van der Waals surface area contributed by atoms with E-state index in [0.29, 0.717) is 0 Å². The Labute approximate surface area is 111 Å². The van der Waals surface area contributed by atoms with Crippen molar-refractivity contribution in [2.75, 3.05) is 0 Å². The molecule has 1 unspecified atom stereocenters. The molecule has 0 spiro atoms. The Morgan fingerprint density at radius 1 is 1.24 bits per heavy atom. The molecular formula is C13H10BrNOS. The van der Waals surface area contributed by atoms with Gasteiger partial charge < -0.3 is 10.1 Å². The van der Waals surface area contributed by atoms with E-state index >= 15 is 0 Å². The first-order chi connectivity index (χ1) is 8.27. The van der Waals surface area contributed by atoms with Gasteiger partial charge in [-0.2, -0.15) is 0 Å². The van der Waals surface area contributed by atoms with Crippen LogP contribution in [-0.4, -0.2) is 10.1 Å². The normalized spacial score (nSPS) is 13.1. The molecule has 2 nitrogen and oxygen atoms in total. The van der Waals surface area contributed by atoms with Gasteiger partial charge in [0.2, 0.25) is 0 Å². The summed E-state index contributed by atoms with van der Waals surface area (Å²) < 4.78 is 0.961. The molecule has 4 heteroatoms. The minimum Gasteiger partial charge on any atom is -0.383 e. The van der Waals surface area contributed by atoms with Gasteiger partial charge in [0.1, 0.15) is 6.10 Å². The van der Waals surface area contributed by atoms with Gasteiger partial charge in [-0.3, -0.25) is 0 Å². The summed E-state index contributed by atoms with van der Waals surface area (Å²) >= 11 is 5.02. The van der Waals surface area contributed by atoms with Gasteiger partial charge in [-0.25, -0.2) is 0 Å². The standard InChI is InChI=1S/C13H10BrNOS/c14-10-5-7-17-13(10)12(16)9-2-1-3-11-8(9)4-6-15-11/h1-7,12,15-16H. The van der Waals surface area contributed by atoms with Gasteiger partial charge >= 0.3 is 0 Å². The molecule has 2 aromatic heterocycles. The zero-order valence-corrected chi connectivity index (χ0v) is 11.3. The number of benzene rings is 1. The van der Waals surface area contributed by atoms with Gasteiger partial charge in [-0.15, -0.1) is 11.3 Å². The number of thiophene rings is 1. The van der Waals surface area contributed by atoms with E-state index in [9.17, 15) is 5.11 Å². The van der Waals surface area contributed by atoms with Crippen molar-refractivity contribution in [2.24, 2.45) is 0 Å². The van der Waals surface area contributed by atoms with Crippen LogP contribution in [0.2, 0.25) is 0 Å². The fourth-order valence-electron chi connectivity index (χ4n) is 1.99. The summed E-state index contributed by atoms with van der Waals surface area (Å²) in [5.41, 5.74) is 1.99. The Morgan fingerprint density at radius 3 is 2.88 bits per heavy atom. The number of aliphatic hydroxyl groups excluding tert-OH is 1. The predicted molar refractivity (Wildman–Crippen MR) is 74.4 cm³/mol. The fraction of sp³-hybridized carbons (Fsp3) is 0.0769. The number of hydrogen-bond donors (Lipinski definition) is 2. The first-order valence-corrected chi connectivity index (χ1v) is 6.91. The van der Waals surface area contributed by atoms with Crippen LogP contribution in [0.25, 0.3) is 10.9 Å². The second kappa shape index (κ2) is 4.29. The number of hydrogen-bond acceptors (Lipinski definition) is 2. The first kappa shape index (κ1) is 11.0. The number of halogens is 1. The van der Waals surface area contributed by atoms with Crippen molar-refractivity contribution in [1.82, 2.24) is 4.98 Å². The highest BCUT2D eigenvalue weighted by Gasteiger charge is 2.17. The second-order valence-electron chi connectivity index (χ2n) is 3.82. The Bertz CT molecular complexity index is 658. The Hall–Kier alpha value is -1.10. The summed E-state index contributed by atoms with van der Waals surface area (Å²) in [5, 5.41) is 13.5. The molecule has 3 aromatic rings. The van der Waals surface area contributed by atoms with Gasteiger partial charge in [-0.1, -0.05) is 12.1 Å². The SMILES string of the molecule is OC(c1sccc1Br)c1cccc2[nH]ccc12. The smallest absolute Gasteiger partial charge is 0.115 e. The minimum atomic E-state index is -0.580. The monoisotopic (exact) mass is 307 g/mol. The van der Waals surface area contributed by atoms with E-state index in [0.717, 1.165) is 25.8 Å². The zero-order chi connectivity index (χ0) is 11.8.